The van der Waals surface area contributed by atoms with E-state index in [0.29, 0.717) is 6.04 Å². The van der Waals surface area contributed by atoms with Crippen molar-refractivity contribution in [3.05, 3.63) is 53.6 Å². The minimum absolute atomic E-state index is 0.271. The molecule has 0 aliphatic carbocycles. The summed E-state index contributed by atoms with van der Waals surface area (Å²) >= 11 is 0. The van der Waals surface area contributed by atoms with Crippen molar-refractivity contribution in [2.24, 2.45) is 0 Å². The second-order valence-electron chi connectivity index (χ2n) is 7.78. The number of hydrogen-bond donors (Lipinski definition) is 0. The fourth-order valence-corrected chi connectivity index (χ4v) is 4.20. The molecule has 0 saturated carbocycles. The number of fused-ring (bicyclic) bond motifs is 1. The molecule has 1 saturated heterocycles. The summed E-state index contributed by atoms with van der Waals surface area (Å²) in [6.45, 7) is 4.52. The average molecular weight is 383 g/mol. The molecule has 0 amide bonds. The fourth-order valence-electron chi connectivity index (χ4n) is 4.20. The number of piperidine rings is 1. The van der Waals surface area contributed by atoms with Gasteiger partial charge in [-0.1, -0.05) is 30.3 Å². The Balaban J connectivity index is 1.35. The number of likely N-dealkylation sites (N-methyl/N-ethyl adjacent to an activating group) is 1. The molecule has 2 aliphatic heterocycles. The van der Waals surface area contributed by atoms with Crippen LogP contribution in [0.2, 0.25) is 0 Å². The molecule has 2 heterocycles. The van der Waals surface area contributed by atoms with Crippen LogP contribution in [0, 0.1) is 0 Å². The Kier molecular flexibility index (Phi) is 6.03. The van der Waals surface area contributed by atoms with E-state index in [1.54, 1.807) is 7.11 Å². The smallest absolute Gasteiger partial charge is 0.231 e. The Bertz CT molecular complexity index is 781. The molecule has 2 aliphatic rings. The molecule has 1 fully saturated rings. The predicted molar refractivity (Wildman–Crippen MR) is 110 cm³/mol. The number of ether oxygens (including phenoxy) is 3. The molecule has 150 valence electrons. The zero-order valence-electron chi connectivity index (χ0n) is 16.9. The van der Waals surface area contributed by atoms with Crippen molar-refractivity contribution < 1.29 is 14.2 Å². The Morgan fingerprint density at radius 1 is 1.14 bits per heavy atom. The minimum atomic E-state index is 0.271. The van der Waals surface area contributed by atoms with Crippen LogP contribution in [0.1, 0.15) is 24.0 Å². The molecule has 5 heteroatoms. The van der Waals surface area contributed by atoms with Crippen molar-refractivity contribution in [1.29, 1.82) is 0 Å². The maximum absolute atomic E-state index is 5.58. The summed E-state index contributed by atoms with van der Waals surface area (Å²) in [6, 6.07) is 15.5. The third-order valence-corrected chi connectivity index (χ3v) is 5.82. The van der Waals surface area contributed by atoms with Crippen molar-refractivity contribution in [2.45, 2.75) is 31.8 Å². The highest BCUT2D eigenvalue weighted by atomic mass is 16.7. The zero-order chi connectivity index (χ0) is 19.3. The van der Waals surface area contributed by atoms with Gasteiger partial charge in [0.1, 0.15) is 0 Å². The first kappa shape index (κ1) is 19.1. The summed E-state index contributed by atoms with van der Waals surface area (Å²) in [5.74, 6) is 2.28. The summed E-state index contributed by atoms with van der Waals surface area (Å²) in [4.78, 5) is 5.07. The Morgan fingerprint density at radius 2 is 2.00 bits per heavy atom. The van der Waals surface area contributed by atoms with E-state index in [0.717, 1.165) is 49.8 Å². The van der Waals surface area contributed by atoms with Crippen molar-refractivity contribution in [3.63, 3.8) is 0 Å². The molecule has 1 atom stereocenters. The second-order valence-corrected chi connectivity index (χ2v) is 7.78. The molecule has 4 rings (SSSR count). The molecule has 2 aromatic rings. The van der Waals surface area contributed by atoms with Gasteiger partial charge in [0, 0.05) is 25.7 Å². The number of methoxy groups -OCH3 is 1. The number of benzene rings is 2. The third-order valence-electron chi connectivity index (χ3n) is 5.82. The second kappa shape index (κ2) is 8.84. The SMILES string of the molecule is COc1cc(CN2CCCC(N(C)CCc3ccccc3)C2)cc2c1OCO2. The molecule has 0 spiro atoms. The molecule has 0 radical (unpaired) electrons. The van der Waals surface area contributed by atoms with Gasteiger partial charge in [-0.05, 0) is 56.1 Å². The normalized spacial score (nSPS) is 19.2. The van der Waals surface area contributed by atoms with E-state index < -0.39 is 0 Å². The first-order chi connectivity index (χ1) is 13.7. The standard InChI is InChI=1S/C23H30N2O3/c1-24(12-10-18-7-4-3-5-8-18)20-9-6-11-25(16-20)15-19-13-21(26-2)23-22(14-19)27-17-28-23/h3-5,7-8,13-14,20H,6,9-12,15-17H2,1-2H3. The van der Waals surface area contributed by atoms with Gasteiger partial charge in [0.25, 0.3) is 0 Å². The van der Waals surface area contributed by atoms with E-state index in [2.05, 4.69) is 59.3 Å². The lowest BCUT2D eigenvalue weighted by Gasteiger charge is -2.37. The monoisotopic (exact) mass is 382 g/mol. The quantitative estimate of drug-likeness (QED) is 0.731. The molecular weight excluding hydrogens is 352 g/mol. The van der Waals surface area contributed by atoms with Crippen LogP contribution in [0.15, 0.2) is 42.5 Å². The van der Waals surface area contributed by atoms with Crippen molar-refractivity contribution >= 4 is 0 Å². The fraction of sp³-hybridized carbons (Fsp3) is 0.478. The van der Waals surface area contributed by atoms with Gasteiger partial charge < -0.3 is 19.1 Å². The summed E-state index contributed by atoms with van der Waals surface area (Å²) in [5, 5.41) is 0. The van der Waals surface area contributed by atoms with Crippen molar-refractivity contribution in [3.8, 4) is 17.2 Å². The van der Waals surface area contributed by atoms with E-state index in [9.17, 15) is 0 Å². The Hall–Kier alpha value is -2.24. The topological polar surface area (TPSA) is 34.2 Å². The first-order valence-corrected chi connectivity index (χ1v) is 10.2. The van der Waals surface area contributed by atoms with Gasteiger partial charge in [0.15, 0.2) is 11.5 Å². The van der Waals surface area contributed by atoms with Crippen LogP contribution in [-0.4, -0.2) is 56.4 Å². The maximum Gasteiger partial charge on any atom is 0.231 e. The van der Waals surface area contributed by atoms with Gasteiger partial charge in [0.05, 0.1) is 7.11 Å². The third kappa shape index (κ3) is 4.42. The molecular formula is C23H30N2O3. The molecule has 28 heavy (non-hydrogen) atoms. The summed E-state index contributed by atoms with van der Waals surface area (Å²) in [7, 11) is 3.94. The van der Waals surface area contributed by atoms with E-state index in [-0.39, 0.29) is 6.79 Å². The van der Waals surface area contributed by atoms with Crippen LogP contribution in [0.5, 0.6) is 17.2 Å². The maximum atomic E-state index is 5.58. The highest BCUT2D eigenvalue weighted by molar-refractivity contribution is 5.55. The molecule has 1 unspecified atom stereocenters. The predicted octanol–water partition coefficient (Wildman–Crippen LogP) is 3.56. The molecule has 5 nitrogen and oxygen atoms in total. The van der Waals surface area contributed by atoms with Gasteiger partial charge >= 0.3 is 0 Å². The Morgan fingerprint density at radius 3 is 2.82 bits per heavy atom. The molecule has 0 aromatic heterocycles. The van der Waals surface area contributed by atoms with Crippen molar-refractivity contribution in [1.82, 2.24) is 9.80 Å². The summed E-state index contributed by atoms with van der Waals surface area (Å²) in [5.41, 5.74) is 2.63. The lowest BCUT2D eigenvalue weighted by molar-refractivity contribution is 0.112. The van der Waals surface area contributed by atoms with Gasteiger partial charge in [0.2, 0.25) is 12.5 Å². The van der Waals surface area contributed by atoms with Crippen LogP contribution in [-0.2, 0) is 13.0 Å². The number of nitrogens with zero attached hydrogens (tertiary/aromatic N) is 2. The summed E-state index contributed by atoms with van der Waals surface area (Å²) in [6.07, 6.45) is 3.61. The lowest BCUT2D eigenvalue weighted by Crippen LogP contribution is -2.46. The van der Waals surface area contributed by atoms with E-state index in [1.807, 2.05) is 0 Å². The van der Waals surface area contributed by atoms with Crippen LogP contribution in [0.3, 0.4) is 0 Å². The van der Waals surface area contributed by atoms with E-state index in [1.165, 1.54) is 24.0 Å². The van der Waals surface area contributed by atoms with Crippen LogP contribution in [0.25, 0.3) is 0 Å². The van der Waals surface area contributed by atoms with Gasteiger partial charge in [-0.25, -0.2) is 0 Å². The van der Waals surface area contributed by atoms with Crippen LogP contribution < -0.4 is 14.2 Å². The van der Waals surface area contributed by atoms with Gasteiger partial charge in [-0.3, -0.25) is 4.90 Å². The lowest BCUT2D eigenvalue weighted by atomic mass is 10.0. The van der Waals surface area contributed by atoms with Crippen molar-refractivity contribution in [2.75, 3.05) is 40.6 Å². The largest absolute Gasteiger partial charge is 0.493 e. The molecule has 0 N–H and O–H groups in total. The highest BCUT2D eigenvalue weighted by Crippen LogP contribution is 2.42. The van der Waals surface area contributed by atoms with Gasteiger partial charge in [-0.2, -0.15) is 0 Å². The van der Waals surface area contributed by atoms with Crippen LogP contribution >= 0.6 is 0 Å². The van der Waals surface area contributed by atoms with Crippen LogP contribution in [0.4, 0.5) is 0 Å². The van der Waals surface area contributed by atoms with Gasteiger partial charge in [-0.15, -0.1) is 0 Å². The number of likely N-dealkylation sites (tertiary alicyclic amines) is 1. The average Bonchev–Trinajstić information content (AvgIpc) is 3.21. The minimum Gasteiger partial charge on any atom is -0.493 e. The Labute approximate surface area is 167 Å². The first-order valence-electron chi connectivity index (χ1n) is 10.2. The highest BCUT2D eigenvalue weighted by Gasteiger charge is 2.25. The molecule has 2 aromatic carbocycles. The molecule has 0 bridgehead atoms. The van der Waals surface area contributed by atoms with E-state index in [4.69, 9.17) is 14.2 Å². The number of rotatable bonds is 7. The summed E-state index contributed by atoms with van der Waals surface area (Å²) < 4.78 is 16.6. The number of hydrogen-bond acceptors (Lipinski definition) is 5. The van der Waals surface area contributed by atoms with E-state index >= 15 is 0 Å². The zero-order valence-corrected chi connectivity index (χ0v) is 16.9.